The highest BCUT2D eigenvalue weighted by atomic mass is 79.9. The van der Waals surface area contributed by atoms with Gasteiger partial charge in [-0.05, 0) is 40.5 Å². The number of rotatable bonds is 3. The molecule has 0 saturated carbocycles. The Hall–Kier alpha value is -1.03. The van der Waals surface area contributed by atoms with Crippen molar-refractivity contribution in [1.29, 1.82) is 0 Å². The van der Waals surface area contributed by atoms with E-state index in [0.717, 1.165) is 10.9 Å². The standard InChI is InChI=1S/C10H12BrNO2/c1-2-3-10(13)14-7-4-5-9(12)8(11)6-7/h4-6H,2-3,12H2,1H3. The smallest absolute Gasteiger partial charge is 0.311 e. The van der Waals surface area contributed by atoms with Crippen LogP contribution in [0.15, 0.2) is 22.7 Å². The lowest BCUT2D eigenvalue weighted by atomic mass is 10.3. The topological polar surface area (TPSA) is 52.3 Å². The highest BCUT2D eigenvalue weighted by molar-refractivity contribution is 9.10. The number of esters is 1. The van der Waals surface area contributed by atoms with Crippen molar-refractivity contribution < 1.29 is 9.53 Å². The fraction of sp³-hybridized carbons (Fsp3) is 0.300. The number of nitrogens with two attached hydrogens (primary N) is 1. The molecule has 0 aliphatic rings. The summed E-state index contributed by atoms with van der Waals surface area (Å²) in [5, 5.41) is 0. The number of halogens is 1. The minimum Gasteiger partial charge on any atom is -0.426 e. The molecule has 1 aromatic rings. The molecule has 4 heteroatoms. The average molecular weight is 258 g/mol. The van der Waals surface area contributed by atoms with Crippen LogP contribution >= 0.6 is 15.9 Å². The van der Waals surface area contributed by atoms with Gasteiger partial charge in [0.15, 0.2) is 0 Å². The second kappa shape index (κ2) is 5.00. The lowest BCUT2D eigenvalue weighted by molar-refractivity contribution is -0.134. The Labute approximate surface area is 91.4 Å². The molecule has 0 heterocycles. The molecular formula is C10H12BrNO2. The highest BCUT2D eigenvalue weighted by Crippen LogP contribution is 2.24. The van der Waals surface area contributed by atoms with Gasteiger partial charge < -0.3 is 10.5 Å². The number of nitrogen functional groups attached to an aromatic ring is 1. The maximum absolute atomic E-state index is 11.1. The molecule has 3 nitrogen and oxygen atoms in total. The quantitative estimate of drug-likeness (QED) is 0.515. The number of hydrogen-bond acceptors (Lipinski definition) is 3. The van der Waals surface area contributed by atoms with Gasteiger partial charge in [0.25, 0.3) is 0 Å². The summed E-state index contributed by atoms with van der Waals surface area (Å²) in [4.78, 5) is 11.1. The maximum atomic E-state index is 11.1. The molecule has 0 aromatic heterocycles. The van der Waals surface area contributed by atoms with Crippen molar-refractivity contribution in [3.63, 3.8) is 0 Å². The third-order valence-electron chi connectivity index (χ3n) is 1.66. The molecule has 0 amide bonds. The van der Waals surface area contributed by atoms with E-state index in [-0.39, 0.29) is 5.97 Å². The molecule has 76 valence electrons. The van der Waals surface area contributed by atoms with E-state index in [4.69, 9.17) is 10.5 Å². The van der Waals surface area contributed by atoms with Crippen LogP contribution in [0.3, 0.4) is 0 Å². The molecule has 14 heavy (non-hydrogen) atoms. The lowest BCUT2D eigenvalue weighted by Gasteiger charge is -2.04. The minimum atomic E-state index is -0.218. The van der Waals surface area contributed by atoms with Gasteiger partial charge in [-0.25, -0.2) is 0 Å². The van der Waals surface area contributed by atoms with Gasteiger partial charge in [-0.1, -0.05) is 6.92 Å². The van der Waals surface area contributed by atoms with Crippen molar-refractivity contribution in [2.75, 3.05) is 5.73 Å². The van der Waals surface area contributed by atoms with E-state index in [1.807, 2.05) is 6.92 Å². The fourth-order valence-corrected chi connectivity index (χ4v) is 1.32. The summed E-state index contributed by atoms with van der Waals surface area (Å²) in [6.45, 7) is 1.93. The molecule has 0 aliphatic carbocycles. The Balaban J connectivity index is 2.68. The zero-order chi connectivity index (χ0) is 10.6. The number of hydrogen-bond donors (Lipinski definition) is 1. The number of ether oxygens (including phenoxy) is 1. The van der Waals surface area contributed by atoms with Crippen LogP contribution in [0.5, 0.6) is 5.75 Å². The van der Waals surface area contributed by atoms with Crippen LogP contribution in [0.1, 0.15) is 19.8 Å². The fourth-order valence-electron chi connectivity index (χ4n) is 0.958. The molecule has 0 spiro atoms. The lowest BCUT2D eigenvalue weighted by Crippen LogP contribution is -2.06. The van der Waals surface area contributed by atoms with Crippen LogP contribution < -0.4 is 10.5 Å². The predicted octanol–water partition coefficient (Wildman–Crippen LogP) is 2.74. The minimum absolute atomic E-state index is 0.218. The summed E-state index contributed by atoms with van der Waals surface area (Å²) in [6.07, 6.45) is 1.22. The largest absolute Gasteiger partial charge is 0.426 e. The van der Waals surface area contributed by atoms with Crippen LogP contribution in [-0.2, 0) is 4.79 Å². The summed E-state index contributed by atoms with van der Waals surface area (Å²) >= 11 is 3.26. The summed E-state index contributed by atoms with van der Waals surface area (Å²) in [5.74, 6) is 0.300. The first kappa shape index (κ1) is 11.0. The van der Waals surface area contributed by atoms with E-state index in [1.54, 1.807) is 18.2 Å². The van der Waals surface area contributed by atoms with Crippen molar-refractivity contribution >= 4 is 27.6 Å². The molecular weight excluding hydrogens is 246 g/mol. The third kappa shape index (κ3) is 3.03. The Morgan fingerprint density at radius 2 is 2.29 bits per heavy atom. The molecule has 0 radical (unpaired) electrons. The molecule has 0 fully saturated rings. The molecule has 0 atom stereocenters. The second-order valence-electron chi connectivity index (χ2n) is 2.91. The van der Waals surface area contributed by atoms with Crippen molar-refractivity contribution in [2.24, 2.45) is 0 Å². The van der Waals surface area contributed by atoms with Crippen LogP contribution in [-0.4, -0.2) is 5.97 Å². The van der Waals surface area contributed by atoms with Gasteiger partial charge in [-0.2, -0.15) is 0 Å². The number of benzene rings is 1. The third-order valence-corrected chi connectivity index (χ3v) is 2.34. The van der Waals surface area contributed by atoms with Gasteiger partial charge in [0.2, 0.25) is 0 Å². The van der Waals surface area contributed by atoms with Gasteiger partial charge >= 0.3 is 5.97 Å². The average Bonchev–Trinajstić information content (AvgIpc) is 2.12. The van der Waals surface area contributed by atoms with E-state index < -0.39 is 0 Å². The molecule has 1 aromatic carbocycles. The van der Waals surface area contributed by atoms with Crippen LogP contribution in [0, 0.1) is 0 Å². The Kier molecular flexibility index (Phi) is 3.95. The summed E-state index contributed by atoms with van der Waals surface area (Å²) in [7, 11) is 0. The molecule has 1 rings (SSSR count). The highest BCUT2D eigenvalue weighted by Gasteiger charge is 2.04. The normalized spacial score (nSPS) is 9.86. The van der Waals surface area contributed by atoms with Gasteiger partial charge in [-0.3, -0.25) is 4.79 Å². The molecule has 0 bridgehead atoms. The van der Waals surface area contributed by atoms with Crippen molar-refractivity contribution in [2.45, 2.75) is 19.8 Å². The summed E-state index contributed by atoms with van der Waals surface area (Å²) < 4.78 is 5.80. The van der Waals surface area contributed by atoms with Gasteiger partial charge in [0.05, 0.1) is 0 Å². The van der Waals surface area contributed by atoms with Crippen molar-refractivity contribution in [1.82, 2.24) is 0 Å². The maximum Gasteiger partial charge on any atom is 0.311 e. The SMILES string of the molecule is CCCC(=O)Oc1ccc(N)c(Br)c1. The van der Waals surface area contributed by atoms with E-state index in [1.165, 1.54) is 0 Å². The van der Waals surface area contributed by atoms with Gasteiger partial charge in [-0.15, -0.1) is 0 Å². The van der Waals surface area contributed by atoms with E-state index in [0.29, 0.717) is 17.9 Å². The zero-order valence-electron chi connectivity index (χ0n) is 7.92. The van der Waals surface area contributed by atoms with Gasteiger partial charge in [0, 0.05) is 16.6 Å². The van der Waals surface area contributed by atoms with Crippen LogP contribution in [0.25, 0.3) is 0 Å². The summed E-state index contributed by atoms with van der Waals surface area (Å²) in [6, 6.07) is 5.05. The molecule has 0 saturated heterocycles. The number of carbonyl (C=O) groups excluding carboxylic acids is 1. The predicted molar refractivity (Wildman–Crippen MR) is 59.1 cm³/mol. The molecule has 2 N–H and O–H groups in total. The Morgan fingerprint density at radius 1 is 1.57 bits per heavy atom. The first-order valence-electron chi connectivity index (χ1n) is 4.39. The Bertz CT molecular complexity index is 339. The van der Waals surface area contributed by atoms with E-state index in [9.17, 15) is 4.79 Å². The molecule has 0 aliphatic heterocycles. The zero-order valence-corrected chi connectivity index (χ0v) is 9.50. The first-order chi connectivity index (χ1) is 6.63. The van der Waals surface area contributed by atoms with E-state index >= 15 is 0 Å². The number of anilines is 1. The van der Waals surface area contributed by atoms with Gasteiger partial charge in [0.1, 0.15) is 5.75 Å². The second-order valence-corrected chi connectivity index (χ2v) is 3.76. The van der Waals surface area contributed by atoms with Crippen molar-refractivity contribution in [3.05, 3.63) is 22.7 Å². The van der Waals surface area contributed by atoms with Crippen LogP contribution in [0.4, 0.5) is 5.69 Å². The Morgan fingerprint density at radius 3 is 2.86 bits per heavy atom. The molecule has 0 unspecified atom stereocenters. The van der Waals surface area contributed by atoms with E-state index in [2.05, 4.69) is 15.9 Å². The number of carbonyl (C=O) groups is 1. The summed E-state index contributed by atoms with van der Waals surface area (Å²) in [5.41, 5.74) is 6.22. The van der Waals surface area contributed by atoms with Crippen LogP contribution in [0.2, 0.25) is 0 Å². The van der Waals surface area contributed by atoms with Crippen molar-refractivity contribution in [3.8, 4) is 5.75 Å². The monoisotopic (exact) mass is 257 g/mol. The first-order valence-corrected chi connectivity index (χ1v) is 5.18.